The minimum absolute atomic E-state index is 0.215. The largest absolute Gasteiger partial charge is 0.434 e. The van der Waals surface area contributed by atoms with E-state index in [1.54, 1.807) is 6.92 Å². The molecule has 0 spiro atoms. The third-order valence-electron chi connectivity index (χ3n) is 2.98. The Kier molecular flexibility index (Phi) is 6.46. The molecular formula is C13H24O3. The third kappa shape index (κ3) is 4.97. The number of carbonyl (C=O) groups excluding carboxylic acids is 1. The number of esters is 1. The van der Waals surface area contributed by atoms with Crippen molar-refractivity contribution < 1.29 is 14.3 Å². The smallest absolute Gasteiger partial charge is 0.337 e. The number of unbranched alkanes of at least 4 members (excludes halogenated alkanes) is 6. The molecule has 0 aromatic rings. The molecule has 1 rings (SSSR count). The molecule has 0 bridgehead atoms. The topological polar surface area (TPSA) is 35.5 Å². The van der Waals surface area contributed by atoms with Crippen LogP contribution in [0, 0.1) is 0 Å². The average Bonchev–Trinajstić information content (AvgIpc) is 2.57. The monoisotopic (exact) mass is 228 g/mol. The molecule has 1 fully saturated rings. The van der Waals surface area contributed by atoms with E-state index in [2.05, 4.69) is 6.92 Å². The first-order valence-corrected chi connectivity index (χ1v) is 6.60. The molecule has 1 saturated heterocycles. The Bertz CT molecular complexity index is 203. The Hall–Kier alpha value is -0.570. The van der Waals surface area contributed by atoms with E-state index in [1.165, 1.54) is 38.5 Å². The zero-order chi connectivity index (χ0) is 11.8. The van der Waals surface area contributed by atoms with Gasteiger partial charge in [-0.05, 0) is 13.3 Å². The Morgan fingerprint density at radius 3 is 2.25 bits per heavy atom. The quantitative estimate of drug-likeness (QED) is 0.471. The van der Waals surface area contributed by atoms with Crippen LogP contribution in [0.5, 0.6) is 0 Å². The van der Waals surface area contributed by atoms with Crippen molar-refractivity contribution in [2.45, 2.75) is 77.6 Å². The lowest BCUT2D eigenvalue weighted by molar-refractivity contribution is -0.143. The lowest BCUT2D eigenvalue weighted by Gasteiger charge is -2.08. The van der Waals surface area contributed by atoms with Gasteiger partial charge < -0.3 is 9.47 Å². The maximum atomic E-state index is 11.0. The molecule has 16 heavy (non-hydrogen) atoms. The van der Waals surface area contributed by atoms with Crippen LogP contribution in [-0.4, -0.2) is 18.4 Å². The maximum absolute atomic E-state index is 11.0. The van der Waals surface area contributed by atoms with E-state index >= 15 is 0 Å². The molecule has 0 amide bonds. The molecule has 0 N–H and O–H groups in total. The Labute approximate surface area is 98.5 Å². The van der Waals surface area contributed by atoms with Gasteiger partial charge in [-0.25, -0.2) is 4.79 Å². The third-order valence-corrected chi connectivity index (χ3v) is 2.98. The molecule has 0 aromatic carbocycles. The maximum Gasteiger partial charge on any atom is 0.337 e. The van der Waals surface area contributed by atoms with Crippen LogP contribution in [0.2, 0.25) is 0 Å². The van der Waals surface area contributed by atoms with Crippen molar-refractivity contribution in [1.29, 1.82) is 0 Å². The van der Waals surface area contributed by atoms with Gasteiger partial charge in [-0.1, -0.05) is 45.4 Å². The van der Waals surface area contributed by atoms with Crippen molar-refractivity contribution in [3.05, 3.63) is 0 Å². The average molecular weight is 228 g/mol. The molecule has 1 heterocycles. The van der Waals surface area contributed by atoms with E-state index in [4.69, 9.17) is 9.47 Å². The summed E-state index contributed by atoms with van der Waals surface area (Å²) in [5.41, 5.74) is 0. The second kappa shape index (κ2) is 7.66. The highest BCUT2D eigenvalue weighted by Crippen LogP contribution is 2.18. The first-order chi connectivity index (χ1) is 7.74. The Balaban J connectivity index is 1.90. The van der Waals surface area contributed by atoms with E-state index in [-0.39, 0.29) is 18.4 Å². The number of hydrogen-bond donors (Lipinski definition) is 0. The lowest BCUT2D eigenvalue weighted by Crippen LogP contribution is -2.10. The zero-order valence-corrected chi connectivity index (χ0v) is 10.5. The van der Waals surface area contributed by atoms with E-state index in [0.717, 1.165) is 12.8 Å². The van der Waals surface area contributed by atoms with E-state index in [1.807, 2.05) is 0 Å². The second-order valence-electron chi connectivity index (χ2n) is 4.55. The molecule has 2 unspecified atom stereocenters. The van der Waals surface area contributed by atoms with Gasteiger partial charge >= 0.3 is 5.97 Å². The predicted molar refractivity (Wildman–Crippen MR) is 63.0 cm³/mol. The van der Waals surface area contributed by atoms with Gasteiger partial charge in [0.25, 0.3) is 0 Å². The minimum atomic E-state index is -0.366. The highest BCUT2D eigenvalue weighted by Gasteiger charge is 2.30. The summed E-state index contributed by atoms with van der Waals surface area (Å²) in [4.78, 5) is 11.0. The van der Waals surface area contributed by atoms with Crippen molar-refractivity contribution in [3.8, 4) is 0 Å². The van der Waals surface area contributed by atoms with Crippen LogP contribution in [0.15, 0.2) is 0 Å². The number of hydrogen-bond acceptors (Lipinski definition) is 3. The van der Waals surface area contributed by atoms with Crippen LogP contribution in [0.4, 0.5) is 0 Å². The van der Waals surface area contributed by atoms with Crippen LogP contribution in [0.1, 0.15) is 65.2 Å². The van der Waals surface area contributed by atoms with Crippen molar-refractivity contribution >= 4 is 5.97 Å². The van der Waals surface area contributed by atoms with Crippen LogP contribution >= 0.6 is 0 Å². The molecule has 0 radical (unpaired) electrons. The van der Waals surface area contributed by atoms with Crippen molar-refractivity contribution in [1.82, 2.24) is 0 Å². The highest BCUT2D eigenvalue weighted by molar-refractivity contribution is 5.75. The molecule has 0 saturated carbocycles. The fourth-order valence-corrected chi connectivity index (χ4v) is 1.93. The normalized spacial score (nSPS) is 24.8. The second-order valence-corrected chi connectivity index (χ2v) is 4.55. The first kappa shape index (κ1) is 13.5. The molecule has 1 aliphatic heterocycles. The summed E-state index contributed by atoms with van der Waals surface area (Å²) in [6, 6.07) is 0. The molecule has 2 atom stereocenters. The van der Waals surface area contributed by atoms with Crippen molar-refractivity contribution in [2.24, 2.45) is 0 Å². The molecule has 3 nitrogen and oxygen atoms in total. The first-order valence-electron chi connectivity index (χ1n) is 6.60. The molecule has 1 aliphatic rings. The summed E-state index contributed by atoms with van der Waals surface area (Å²) in [6.07, 6.45) is 9.13. The van der Waals surface area contributed by atoms with Crippen molar-refractivity contribution in [2.75, 3.05) is 0 Å². The standard InChI is InChI=1S/C13H24O3/c1-3-4-5-6-7-8-9-10-12-15-11(2)13(14)16-12/h11-12H,3-10H2,1-2H3. The van der Waals surface area contributed by atoms with Gasteiger partial charge in [0.15, 0.2) is 6.10 Å². The van der Waals surface area contributed by atoms with E-state index < -0.39 is 0 Å². The number of carbonyl (C=O) groups is 1. The number of cyclic esters (lactones) is 1. The van der Waals surface area contributed by atoms with Gasteiger partial charge in [-0.3, -0.25) is 0 Å². The number of ether oxygens (including phenoxy) is 2. The van der Waals surface area contributed by atoms with Crippen molar-refractivity contribution in [3.63, 3.8) is 0 Å². The SMILES string of the molecule is CCCCCCCCCC1OC(=O)C(C)O1. The van der Waals surface area contributed by atoms with Crippen LogP contribution in [0.3, 0.4) is 0 Å². The Morgan fingerprint density at radius 1 is 1.06 bits per heavy atom. The molecule has 94 valence electrons. The van der Waals surface area contributed by atoms with Crippen LogP contribution in [-0.2, 0) is 14.3 Å². The summed E-state index contributed by atoms with van der Waals surface area (Å²) in [5, 5.41) is 0. The van der Waals surface area contributed by atoms with E-state index in [9.17, 15) is 4.79 Å². The molecule has 0 aromatic heterocycles. The molecular weight excluding hydrogens is 204 g/mol. The Morgan fingerprint density at radius 2 is 1.69 bits per heavy atom. The summed E-state index contributed by atoms with van der Waals surface area (Å²) < 4.78 is 10.4. The molecule has 0 aliphatic carbocycles. The summed E-state index contributed by atoms with van der Waals surface area (Å²) in [5.74, 6) is -0.215. The van der Waals surface area contributed by atoms with Gasteiger partial charge in [0.2, 0.25) is 6.29 Å². The van der Waals surface area contributed by atoms with Gasteiger partial charge in [0, 0.05) is 6.42 Å². The van der Waals surface area contributed by atoms with Gasteiger partial charge in [-0.15, -0.1) is 0 Å². The minimum Gasteiger partial charge on any atom is -0.434 e. The van der Waals surface area contributed by atoms with Gasteiger partial charge in [-0.2, -0.15) is 0 Å². The molecule has 3 heteroatoms. The zero-order valence-electron chi connectivity index (χ0n) is 10.5. The van der Waals surface area contributed by atoms with Gasteiger partial charge in [0.05, 0.1) is 0 Å². The number of rotatable bonds is 8. The van der Waals surface area contributed by atoms with Crippen LogP contribution in [0.25, 0.3) is 0 Å². The predicted octanol–water partition coefficient (Wildman–Crippen LogP) is 3.42. The van der Waals surface area contributed by atoms with Crippen LogP contribution < -0.4 is 0 Å². The fourth-order valence-electron chi connectivity index (χ4n) is 1.93. The van der Waals surface area contributed by atoms with Gasteiger partial charge in [0.1, 0.15) is 0 Å². The van der Waals surface area contributed by atoms with E-state index in [0.29, 0.717) is 0 Å². The fraction of sp³-hybridized carbons (Fsp3) is 0.923. The summed E-state index contributed by atoms with van der Waals surface area (Å²) in [7, 11) is 0. The lowest BCUT2D eigenvalue weighted by atomic mass is 10.1. The summed E-state index contributed by atoms with van der Waals surface area (Å²) in [6.45, 7) is 3.97. The summed E-state index contributed by atoms with van der Waals surface area (Å²) >= 11 is 0. The highest BCUT2D eigenvalue weighted by atomic mass is 16.7.